The van der Waals surface area contributed by atoms with E-state index >= 15 is 4.39 Å². The van der Waals surface area contributed by atoms with Crippen LogP contribution in [-0.4, -0.2) is 61.4 Å². The van der Waals surface area contributed by atoms with Gasteiger partial charge < -0.3 is 24.8 Å². The van der Waals surface area contributed by atoms with E-state index in [1.165, 1.54) is 0 Å². The average molecular weight is 505 g/mol. The number of anilines is 1. The summed E-state index contributed by atoms with van der Waals surface area (Å²) in [7, 11) is 0. The molecule has 0 radical (unpaired) electrons. The second-order valence-electron chi connectivity index (χ2n) is 11.2. The molecule has 2 saturated heterocycles. The molecule has 4 aliphatic rings. The summed E-state index contributed by atoms with van der Waals surface area (Å²) in [5.74, 6) is 1.97. The van der Waals surface area contributed by atoms with E-state index < -0.39 is 11.7 Å². The number of aromatic hydroxyl groups is 1. The Labute approximate surface area is 214 Å². The quantitative estimate of drug-likeness (QED) is 0.533. The molecular weight excluding hydrogens is 475 g/mol. The predicted octanol–water partition coefficient (Wildman–Crippen LogP) is 4.01. The van der Waals surface area contributed by atoms with E-state index in [0.29, 0.717) is 28.8 Å². The number of piperidine rings is 1. The van der Waals surface area contributed by atoms with Crippen LogP contribution in [0.25, 0.3) is 22.5 Å². The van der Waals surface area contributed by atoms with Crippen LogP contribution in [0.15, 0.2) is 36.7 Å². The molecule has 0 unspecified atom stereocenters. The number of phenols is 1. The van der Waals surface area contributed by atoms with Gasteiger partial charge in [-0.25, -0.2) is 14.4 Å². The molecule has 4 atom stereocenters. The molecule has 2 aromatic heterocycles. The van der Waals surface area contributed by atoms with Gasteiger partial charge >= 0.3 is 0 Å². The highest BCUT2D eigenvalue weighted by Crippen LogP contribution is 2.48. The van der Waals surface area contributed by atoms with Gasteiger partial charge in [0, 0.05) is 28.9 Å². The number of rotatable bonds is 5. The summed E-state index contributed by atoms with van der Waals surface area (Å²) < 4.78 is 26.5. The summed E-state index contributed by atoms with van der Waals surface area (Å²) in [4.78, 5) is 10.9. The molecule has 3 aromatic rings. The van der Waals surface area contributed by atoms with E-state index in [0.717, 1.165) is 43.2 Å². The Morgan fingerprint density at radius 1 is 1.05 bits per heavy atom. The van der Waals surface area contributed by atoms with Crippen LogP contribution in [0.2, 0.25) is 0 Å². The second-order valence-corrected chi connectivity index (χ2v) is 11.2. The van der Waals surface area contributed by atoms with Crippen molar-refractivity contribution in [2.45, 2.75) is 75.3 Å². The third kappa shape index (κ3) is 3.77. The van der Waals surface area contributed by atoms with Gasteiger partial charge in [0.25, 0.3) is 5.88 Å². The van der Waals surface area contributed by atoms with Crippen molar-refractivity contribution in [1.82, 2.24) is 25.5 Å². The maximum absolute atomic E-state index is 15.8. The Kier molecular flexibility index (Phi) is 4.89. The number of fused-ring (bicyclic) bond motifs is 3. The zero-order chi connectivity index (χ0) is 25.4. The Hall–Kier alpha value is -3.53. The van der Waals surface area contributed by atoms with Gasteiger partial charge in [-0.2, -0.15) is 0 Å². The van der Waals surface area contributed by atoms with Gasteiger partial charge in [0.05, 0.1) is 17.8 Å². The van der Waals surface area contributed by atoms with E-state index in [1.54, 1.807) is 24.5 Å². The lowest BCUT2D eigenvalue weighted by molar-refractivity contribution is 0.0831. The Morgan fingerprint density at radius 2 is 1.92 bits per heavy atom. The third-order valence-electron chi connectivity index (χ3n) is 8.30. The molecule has 3 aliphatic heterocycles. The van der Waals surface area contributed by atoms with Crippen molar-refractivity contribution >= 4 is 5.82 Å². The van der Waals surface area contributed by atoms with Crippen LogP contribution >= 0.6 is 0 Å². The first-order valence-corrected chi connectivity index (χ1v) is 12.8. The van der Waals surface area contributed by atoms with Crippen LogP contribution in [0.4, 0.5) is 10.2 Å². The molecule has 0 spiro atoms. The number of nitrogens with one attached hydrogen (secondary N) is 1. The molecule has 10 heteroatoms. The maximum Gasteiger partial charge on any atom is 0.260 e. The molecule has 0 amide bonds. The van der Waals surface area contributed by atoms with Gasteiger partial charge in [-0.15, -0.1) is 10.2 Å². The smallest absolute Gasteiger partial charge is 0.260 e. The van der Waals surface area contributed by atoms with E-state index in [9.17, 15) is 5.11 Å². The molecule has 192 valence electrons. The normalized spacial score (nSPS) is 29.9. The Bertz CT molecular complexity index is 1370. The molecule has 5 heterocycles. The van der Waals surface area contributed by atoms with Crippen molar-refractivity contribution in [3.05, 3.63) is 36.7 Å². The summed E-state index contributed by atoms with van der Waals surface area (Å²) in [6, 6.07) is 7.09. The number of phenolic OH excluding ortho intramolecular Hbond substituents is 1. The number of ether oxygens (including phenoxy) is 2. The largest absolute Gasteiger partial charge is 0.507 e. The van der Waals surface area contributed by atoms with E-state index in [4.69, 9.17) is 9.47 Å². The van der Waals surface area contributed by atoms with Crippen molar-refractivity contribution in [2.24, 2.45) is 0 Å². The second kappa shape index (κ2) is 7.98. The van der Waals surface area contributed by atoms with E-state index in [2.05, 4.69) is 37.3 Å². The fourth-order valence-electron chi connectivity index (χ4n) is 6.28. The fourth-order valence-corrected chi connectivity index (χ4v) is 6.28. The first-order valence-electron chi connectivity index (χ1n) is 12.8. The first-order chi connectivity index (χ1) is 17.8. The van der Waals surface area contributed by atoms with Crippen molar-refractivity contribution in [3.8, 4) is 39.9 Å². The van der Waals surface area contributed by atoms with Gasteiger partial charge in [0.15, 0.2) is 17.4 Å². The maximum atomic E-state index is 15.8. The predicted molar refractivity (Wildman–Crippen MR) is 134 cm³/mol. The number of hydrogen-bond acceptors (Lipinski definition) is 9. The Balaban J connectivity index is 1.16. The highest BCUT2D eigenvalue weighted by molar-refractivity contribution is 5.73. The molecule has 37 heavy (non-hydrogen) atoms. The number of halogens is 1. The molecule has 7 rings (SSSR count). The van der Waals surface area contributed by atoms with Crippen molar-refractivity contribution in [2.75, 3.05) is 11.7 Å². The number of hydrogen-bond donors (Lipinski definition) is 2. The molecular formula is C27H29FN6O3. The average Bonchev–Trinajstić information content (AvgIpc) is 3.53. The zero-order valence-corrected chi connectivity index (χ0v) is 20.8. The monoisotopic (exact) mass is 504 g/mol. The van der Waals surface area contributed by atoms with Crippen LogP contribution in [0.5, 0.6) is 17.4 Å². The number of aromatic nitrogens is 4. The van der Waals surface area contributed by atoms with Crippen molar-refractivity contribution in [3.63, 3.8) is 0 Å². The summed E-state index contributed by atoms with van der Waals surface area (Å²) >= 11 is 0. The van der Waals surface area contributed by atoms with E-state index in [1.807, 2.05) is 19.1 Å². The van der Waals surface area contributed by atoms with Gasteiger partial charge in [-0.1, -0.05) is 6.07 Å². The summed E-state index contributed by atoms with van der Waals surface area (Å²) in [5.41, 5.74) is 1.44. The molecule has 9 nitrogen and oxygen atoms in total. The lowest BCUT2D eigenvalue weighted by atomic mass is 9.82. The fraction of sp³-hybridized carbons (Fsp3) is 0.481. The lowest BCUT2D eigenvalue weighted by Gasteiger charge is -2.48. The third-order valence-corrected chi connectivity index (χ3v) is 8.30. The zero-order valence-electron chi connectivity index (χ0n) is 20.8. The van der Waals surface area contributed by atoms with Crippen LogP contribution < -0.4 is 19.7 Å². The topological polar surface area (TPSA) is 106 Å². The number of nitrogens with zero attached hydrogens (tertiary/aromatic N) is 5. The summed E-state index contributed by atoms with van der Waals surface area (Å²) in [6.45, 7) is 4.34. The number of alkyl halides is 1. The molecule has 1 aromatic carbocycles. The van der Waals surface area contributed by atoms with Gasteiger partial charge in [-0.05, 0) is 69.7 Å². The number of pyridine rings is 1. The standard InChI is InChI=1S/C27H29FN6O3/c1-26-7-8-27(2,33-26)23(28)19(11-26)34(17-4-5-17)22-13-29-24(32-31-22)18-6-3-15(9-20(18)35)16-10-21-25(30-12-16)37-14-36-21/h3,6,9-10,12-13,17,19,23,33,35H,4-5,7-8,11,14H2,1-2H3/t19-,23-,26-,27+/m1/s1. The minimum Gasteiger partial charge on any atom is -0.507 e. The van der Waals surface area contributed by atoms with Crippen molar-refractivity contribution < 1.29 is 19.0 Å². The van der Waals surface area contributed by atoms with Gasteiger partial charge in [0.1, 0.15) is 11.9 Å². The van der Waals surface area contributed by atoms with Crippen LogP contribution in [0.1, 0.15) is 46.0 Å². The lowest BCUT2D eigenvalue weighted by Crippen LogP contribution is -2.66. The van der Waals surface area contributed by atoms with Crippen LogP contribution in [-0.2, 0) is 0 Å². The first kappa shape index (κ1) is 22.7. The summed E-state index contributed by atoms with van der Waals surface area (Å²) in [5, 5.41) is 23.2. The molecule has 3 fully saturated rings. The Morgan fingerprint density at radius 3 is 2.68 bits per heavy atom. The molecule has 1 saturated carbocycles. The van der Waals surface area contributed by atoms with E-state index in [-0.39, 0.29) is 30.2 Å². The van der Waals surface area contributed by atoms with Gasteiger partial charge in [-0.3, -0.25) is 0 Å². The number of benzene rings is 1. The molecule has 1 aliphatic carbocycles. The SMILES string of the molecule is C[C@]12CC[C@](C)(N1)[C@H](F)[C@H](N(c1cnc(-c3ccc(-c4cnc5c(c4)OCO5)cc3O)nn1)C1CC1)C2. The van der Waals surface area contributed by atoms with Crippen molar-refractivity contribution in [1.29, 1.82) is 0 Å². The minimum absolute atomic E-state index is 0.0309. The molecule has 2 N–H and O–H groups in total. The minimum atomic E-state index is -1.01. The highest BCUT2D eigenvalue weighted by atomic mass is 19.1. The summed E-state index contributed by atoms with van der Waals surface area (Å²) in [6.07, 6.45) is 6.90. The van der Waals surface area contributed by atoms with Crippen LogP contribution in [0.3, 0.4) is 0 Å². The molecule has 2 bridgehead atoms. The highest BCUT2D eigenvalue weighted by Gasteiger charge is 2.58. The van der Waals surface area contributed by atoms with Crippen LogP contribution in [0, 0.1) is 0 Å². The van der Waals surface area contributed by atoms with Gasteiger partial charge in [0.2, 0.25) is 6.79 Å².